The Kier molecular flexibility index (Phi) is 4.55. The first kappa shape index (κ1) is 12.0. The molecule has 0 saturated heterocycles. The van der Waals surface area contributed by atoms with Crippen LogP contribution < -0.4 is 11.1 Å². The monoisotopic (exact) mass is 214 g/mol. The van der Waals surface area contributed by atoms with Gasteiger partial charge in [-0.1, -0.05) is 19.3 Å². The number of carbonyl (C=O) groups excluding carboxylic acids is 1. The second-order valence-corrected chi connectivity index (χ2v) is 4.05. The van der Waals surface area contributed by atoms with E-state index in [9.17, 15) is 9.59 Å². The molecular formula is C10H18N2O3. The van der Waals surface area contributed by atoms with Gasteiger partial charge in [0, 0.05) is 6.04 Å². The number of hydrogen-bond donors (Lipinski definition) is 3. The fraction of sp³-hybridized carbons (Fsp3) is 0.800. The number of carbonyl (C=O) groups is 2. The molecule has 0 spiro atoms. The fourth-order valence-corrected chi connectivity index (χ4v) is 1.84. The topological polar surface area (TPSA) is 92.4 Å². The summed E-state index contributed by atoms with van der Waals surface area (Å²) in [7, 11) is 0. The third kappa shape index (κ3) is 4.29. The molecule has 4 N–H and O–H groups in total. The summed E-state index contributed by atoms with van der Waals surface area (Å²) >= 11 is 0. The minimum atomic E-state index is -1.04. The predicted molar refractivity (Wildman–Crippen MR) is 55.2 cm³/mol. The van der Waals surface area contributed by atoms with Gasteiger partial charge in [-0.25, -0.2) is 0 Å². The third-order valence-corrected chi connectivity index (χ3v) is 2.68. The van der Waals surface area contributed by atoms with Gasteiger partial charge >= 0.3 is 5.97 Å². The molecule has 5 heteroatoms. The van der Waals surface area contributed by atoms with Crippen LogP contribution in [-0.4, -0.2) is 29.1 Å². The lowest BCUT2D eigenvalue weighted by molar-refractivity contribution is -0.139. The van der Waals surface area contributed by atoms with Crippen LogP contribution >= 0.6 is 0 Å². The zero-order valence-electron chi connectivity index (χ0n) is 8.74. The average molecular weight is 214 g/mol. The largest absolute Gasteiger partial charge is 0.481 e. The van der Waals surface area contributed by atoms with E-state index in [1.165, 1.54) is 6.42 Å². The molecule has 0 radical (unpaired) electrons. The first-order valence-electron chi connectivity index (χ1n) is 5.37. The van der Waals surface area contributed by atoms with Crippen LogP contribution in [0.3, 0.4) is 0 Å². The summed E-state index contributed by atoms with van der Waals surface area (Å²) in [5, 5.41) is 11.3. The molecule has 1 saturated carbocycles. The molecule has 0 aromatic rings. The summed E-state index contributed by atoms with van der Waals surface area (Å²) in [5.74, 6) is -1.38. The van der Waals surface area contributed by atoms with Gasteiger partial charge < -0.3 is 16.2 Å². The van der Waals surface area contributed by atoms with Crippen LogP contribution in [0.25, 0.3) is 0 Å². The van der Waals surface area contributed by atoms with Gasteiger partial charge in [0.25, 0.3) is 0 Å². The number of nitrogens with two attached hydrogens (primary N) is 1. The molecule has 0 aromatic carbocycles. The number of aliphatic carboxylic acids is 1. The molecular weight excluding hydrogens is 196 g/mol. The zero-order chi connectivity index (χ0) is 11.3. The molecule has 0 bridgehead atoms. The Bertz CT molecular complexity index is 237. The van der Waals surface area contributed by atoms with Crippen molar-refractivity contribution < 1.29 is 14.7 Å². The highest BCUT2D eigenvalue weighted by molar-refractivity contribution is 5.86. The molecule has 1 aliphatic rings. The smallest absolute Gasteiger partial charge is 0.305 e. The lowest BCUT2D eigenvalue weighted by Gasteiger charge is -2.24. The number of carboxylic acid groups (broad SMARTS) is 1. The van der Waals surface area contributed by atoms with E-state index < -0.39 is 12.0 Å². The number of hydrogen-bond acceptors (Lipinski definition) is 3. The lowest BCUT2D eigenvalue weighted by Crippen LogP contribution is -2.46. The van der Waals surface area contributed by atoms with Crippen molar-refractivity contribution in [1.82, 2.24) is 5.32 Å². The second kappa shape index (κ2) is 5.70. The molecule has 86 valence electrons. The first-order valence-corrected chi connectivity index (χ1v) is 5.37. The van der Waals surface area contributed by atoms with E-state index in [2.05, 4.69) is 5.32 Å². The normalized spacial score (nSPS) is 19.5. The van der Waals surface area contributed by atoms with Crippen LogP contribution in [0.1, 0.15) is 38.5 Å². The van der Waals surface area contributed by atoms with Crippen molar-refractivity contribution in [1.29, 1.82) is 0 Å². The van der Waals surface area contributed by atoms with E-state index in [-0.39, 0.29) is 18.4 Å². The number of rotatable bonds is 4. The Morgan fingerprint density at radius 2 is 1.93 bits per heavy atom. The maximum Gasteiger partial charge on any atom is 0.305 e. The maximum absolute atomic E-state index is 11.4. The van der Waals surface area contributed by atoms with Gasteiger partial charge in [-0.2, -0.15) is 0 Å². The van der Waals surface area contributed by atoms with Gasteiger partial charge in [0.15, 0.2) is 0 Å². The number of carboxylic acids is 1. The highest BCUT2D eigenvalue weighted by Crippen LogP contribution is 2.17. The van der Waals surface area contributed by atoms with Gasteiger partial charge in [0.1, 0.15) is 0 Å². The molecule has 1 amide bonds. The number of amides is 1. The Labute approximate surface area is 89.0 Å². The molecule has 1 atom stereocenters. The van der Waals surface area contributed by atoms with Crippen LogP contribution in [0, 0.1) is 0 Å². The fourth-order valence-electron chi connectivity index (χ4n) is 1.84. The van der Waals surface area contributed by atoms with Crippen molar-refractivity contribution in [2.45, 2.75) is 50.6 Å². The van der Waals surface area contributed by atoms with Crippen LogP contribution in [0.15, 0.2) is 0 Å². The van der Waals surface area contributed by atoms with E-state index in [4.69, 9.17) is 10.8 Å². The van der Waals surface area contributed by atoms with Gasteiger partial charge in [0.2, 0.25) is 5.91 Å². The van der Waals surface area contributed by atoms with E-state index in [0.29, 0.717) is 0 Å². The zero-order valence-corrected chi connectivity index (χ0v) is 8.74. The third-order valence-electron chi connectivity index (χ3n) is 2.68. The van der Waals surface area contributed by atoms with Gasteiger partial charge in [-0.15, -0.1) is 0 Å². The van der Waals surface area contributed by atoms with Crippen molar-refractivity contribution in [2.24, 2.45) is 5.73 Å². The summed E-state index contributed by atoms with van der Waals surface area (Å²) in [6.07, 6.45) is 5.11. The molecule has 5 nitrogen and oxygen atoms in total. The van der Waals surface area contributed by atoms with Crippen molar-refractivity contribution in [3.63, 3.8) is 0 Å². The Morgan fingerprint density at radius 1 is 1.33 bits per heavy atom. The summed E-state index contributed by atoms with van der Waals surface area (Å²) in [6.45, 7) is 0. The number of nitrogens with one attached hydrogen (secondary N) is 1. The molecule has 1 rings (SSSR count). The van der Waals surface area contributed by atoms with Gasteiger partial charge in [-0.3, -0.25) is 9.59 Å². The van der Waals surface area contributed by atoms with E-state index in [1.54, 1.807) is 0 Å². The molecule has 0 aliphatic heterocycles. The summed E-state index contributed by atoms with van der Waals surface area (Å²) in [4.78, 5) is 21.8. The molecule has 0 unspecified atom stereocenters. The predicted octanol–water partition coefficient (Wildman–Crippen LogP) is 0.237. The molecule has 1 fully saturated rings. The lowest BCUT2D eigenvalue weighted by atomic mass is 9.95. The van der Waals surface area contributed by atoms with Crippen molar-refractivity contribution in [3.05, 3.63) is 0 Å². The maximum atomic E-state index is 11.4. The highest BCUT2D eigenvalue weighted by Gasteiger charge is 2.21. The summed E-state index contributed by atoms with van der Waals surface area (Å²) in [6, 6.07) is -0.740. The first-order chi connectivity index (χ1) is 7.09. The van der Waals surface area contributed by atoms with Gasteiger partial charge in [0.05, 0.1) is 12.5 Å². The van der Waals surface area contributed by atoms with Gasteiger partial charge in [-0.05, 0) is 12.8 Å². The van der Waals surface area contributed by atoms with Crippen LogP contribution in [0.5, 0.6) is 0 Å². The molecule has 0 aromatic heterocycles. The minimum Gasteiger partial charge on any atom is -0.481 e. The molecule has 15 heavy (non-hydrogen) atoms. The molecule has 0 heterocycles. The quantitative estimate of drug-likeness (QED) is 0.625. The van der Waals surface area contributed by atoms with E-state index in [0.717, 1.165) is 25.7 Å². The Hall–Kier alpha value is -1.10. The Balaban J connectivity index is 2.30. The summed E-state index contributed by atoms with van der Waals surface area (Å²) < 4.78 is 0. The van der Waals surface area contributed by atoms with Crippen molar-refractivity contribution >= 4 is 11.9 Å². The average Bonchev–Trinajstić information content (AvgIpc) is 2.18. The van der Waals surface area contributed by atoms with Crippen molar-refractivity contribution in [3.8, 4) is 0 Å². The standard InChI is InChI=1S/C10H18N2O3/c11-8(6-9(13)14)10(15)12-7-4-2-1-3-5-7/h7-8H,1-6,11H2,(H,12,15)(H,13,14)/t8-/m0/s1. The Morgan fingerprint density at radius 3 is 2.47 bits per heavy atom. The SMILES string of the molecule is N[C@@H](CC(=O)O)C(=O)NC1CCCCC1. The second-order valence-electron chi connectivity index (χ2n) is 4.05. The van der Waals surface area contributed by atoms with Crippen LogP contribution in [-0.2, 0) is 9.59 Å². The van der Waals surface area contributed by atoms with E-state index in [1.807, 2.05) is 0 Å². The van der Waals surface area contributed by atoms with E-state index >= 15 is 0 Å². The van der Waals surface area contributed by atoms with Crippen LogP contribution in [0.4, 0.5) is 0 Å². The summed E-state index contributed by atoms with van der Waals surface area (Å²) in [5.41, 5.74) is 5.44. The van der Waals surface area contributed by atoms with Crippen LogP contribution in [0.2, 0.25) is 0 Å². The van der Waals surface area contributed by atoms with Crippen molar-refractivity contribution in [2.75, 3.05) is 0 Å². The molecule has 1 aliphatic carbocycles. The minimum absolute atomic E-state index is 0.186. The highest BCUT2D eigenvalue weighted by atomic mass is 16.4.